The fraction of sp³-hybridized carbons (Fsp3) is 0.875. The molecule has 1 N–H and O–H groups in total. The van der Waals surface area contributed by atoms with Gasteiger partial charge in [-0.05, 0) is 52.4 Å². The number of aliphatic carboxylic acids is 1. The SMILES string of the molecule is CC(C)(C)OC(=O)OC12CC3CC(I)(C1)CC(C(=O)O)(C3)C2. The van der Waals surface area contributed by atoms with E-state index in [4.69, 9.17) is 9.47 Å². The van der Waals surface area contributed by atoms with Crippen LogP contribution >= 0.6 is 22.6 Å². The summed E-state index contributed by atoms with van der Waals surface area (Å²) < 4.78 is 11.0. The summed E-state index contributed by atoms with van der Waals surface area (Å²) in [5.74, 6) is -0.415. The van der Waals surface area contributed by atoms with E-state index in [9.17, 15) is 14.7 Å². The fourth-order valence-corrected chi connectivity index (χ4v) is 7.08. The first-order chi connectivity index (χ1) is 9.95. The van der Waals surface area contributed by atoms with Gasteiger partial charge in [-0.2, -0.15) is 0 Å². The van der Waals surface area contributed by atoms with Crippen molar-refractivity contribution in [3.05, 3.63) is 0 Å². The smallest absolute Gasteiger partial charge is 0.481 e. The van der Waals surface area contributed by atoms with Gasteiger partial charge in [0.05, 0.1) is 5.41 Å². The van der Waals surface area contributed by atoms with Gasteiger partial charge in [0.1, 0.15) is 11.2 Å². The Hall–Kier alpha value is -0.530. The molecule has 4 unspecified atom stereocenters. The molecule has 0 aliphatic heterocycles. The molecule has 124 valence electrons. The molecule has 0 saturated heterocycles. The maximum Gasteiger partial charge on any atom is 0.509 e. The molecule has 6 heteroatoms. The Morgan fingerprint density at radius 1 is 1.14 bits per heavy atom. The predicted octanol–water partition coefficient (Wildman–Crippen LogP) is 3.92. The van der Waals surface area contributed by atoms with Crippen molar-refractivity contribution in [3.63, 3.8) is 0 Å². The molecule has 0 heterocycles. The number of ether oxygens (including phenoxy) is 2. The fourth-order valence-electron chi connectivity index (χ4n) is 5.03. The Morgan fingerprint density at radius 2 is 1.82 bits per heavy atom. The van der Waals surface area contributed by atoms with Crippen LogP contribution < -0.4 is 0 Å². The van der Waals surface area contributed by atoms with Gasteiger partial charge in [-0.1, -0.05) is 22.6 Å². The van der Waals surface area contributed by atoms with E-state index in [2.05, 4.69) is 22.6 Å². The van der Waals surface area contributed by atoms with E-state index in [1.807, 2.05) is 0 Å². The molecule has 4 aliphatic rings. The first-order valence-electron chi connectivity index (χ1n) is 7.79. The number of halogens is 1. The van der Waals surface area contributed by atoms with Crippen LogP contribution in [-0.2, 0) is 14.3 Å². The molecule has 0 aromatic rings. The Kier molecular flexibility index (Phi) is 3.52. The molecule has 0 spiro atoms. The summed E-state index contributed by atoms with van der Waals surface area (Å²) in [7, 11) is 0. The maximum absolute atomic E-state index is 12.1. The van der Waals surface area contributed by atoms with Crippen LogP contribution in [0.3, 0.4) is 0 Å². The minimum absolute atomic E-state index is 0.0718. The van der Waals surface area contributed by atoms with Crippen LogP contribution in [0.25, 0.3) is 0 Å². The number of carbonyl (C=O) groups is 2. The average Bonchev–Trinajstić information content (AvgIpc) is 2.20. The van der Waals surface area contributed by atoms with Crippen molar-refractivity contribution in [1.29, 1.82) is 0 Å². The van der Waals surface area contributed by atoms with E-state index in [-0.39, 0.29) is 3.42 Å². The van der Waals surface area contributed by atoms with Gasteiger partial charge in [0.2, 0.25) is 0 Å². The minimum Gasteiger partial charge on any atom is -0.481 e. The molecule has 4 bridgehead atoms. The van der Waals surface area contributed by atoms with Gasteiger partial charge in [-0.3, -0.25) is 4.79 Å². The summed E-state index contributed by atoms with van der Waals surface area (Å²) in [5.41, 5.74) is -2.00. The zero-order valence-corrected chi connectivity index (χ0v) is 15.4. The molecule has 4 fully saturated rings. The number of hydrogen-bond donors (Lipinski definition) is 1. The van der Waals surface area contributed by atoms with Crippen molar-refractivity contribution in [3.8, 4) is 0 Å². The Morgan fingerprint density at radius 3 is 2.36 bits per heavy atom. The van der Waals surface area contributed by atoms with Crippen molar-refractivity contribution in [2.45, 2.75) is 73.9 Å². The van der Waals surface area contributed by atoms with Crippen LogP contribution in [0.15, 0.2) is 0 Å². The Balaban J connectivity index is 1.85. The molecule has 4 saturated carbocycles. The largest absolute Gasteiger partial charge is 0.509 e. The zero-order valence-electron chi connectivity index (χ0n) is 13.3. The molecule has 0 amide bonds. The number of alkyl halides is 1. The second-order valence-electron chi connectivity index (χ2n) is 8.49. The number of hydrogen-bond acceptors (Lipinski definition) is 4. The Bertz CT molecular complexity index is 527. The van der Waals surface area contributed by atoms with E-state index in [1.165, 1.54) is 0 Å². The molecule has 0 aromatic heterocycles. The third kappa shape index (κ3) is 2.83. The van der Waals surface area contributed by atoms with Gasteiger partial charge in [0.15, 0.2) is 0 Å². The van der Waals surface area contributed by atoms with Crippen LogP contribution in [0.2, 0.25) is 0 Å². The van der Waals surface area contributed by atoms with Crippen molar-refractivity contribution < 1.29 is 24.2 Å². The van der Waals surface area contributed by atoms with Crippen molar-refractivity contribution >= 4 is 34.7 Å². The maximum atomic E-state index is 12.1. The molecule has 4 atom stereocenters. The van der Waals surface area contributed by atoms with E-state index < -0.39 is 28.7 Å². The summed E-state index contributed by atoms with van der Waals surface area (Å²) in [6.07, 6.45) is 3.70. The van der Waals surface area contributed by atoms with Crippen LogP contribution in [0.1, 0.15) is 59.3 Å². The highest BCUT2D eigenvalue weighted by molar-refractivity contribution is 14.1. The lowest BCUT2D eigenvalue weighted by molar-refractivity contribution is -0.191. The van der Waals surface area contributed by atoms with E-state index in [0.717, 1.165) is 19.3 Å². The van der Waals surface area contributed by atoms with Crippen molar-refractivity contribution in [2.75, 3.05) is 0 Å². The topological polar surface area (TPSA) is 72.8 Å². The molecule has 22 heavy (non-hydrogen) atoms. The highest BCUT2D eigenvalue weighted by Gasteiger charge is 2.67. The standard InChI is InChI=1S/C16H23IO5/c1-13(2,3)21-12(20)22-16-6-10-4-14(8-16,11(18)19)7-15(17,5-10)9-16/h10H,4-9H2,1-3H3,(H,18,19). The van der Waals surface area contributed by atoms with Gasteiger partial charge in [0, 0.05) is 16.3 Å². The highest BCUT2D eigenvalue weighted by Crippen LogP contribution is 2.67. The molecule has 4 aliphatic carbocycles. The summed E-state index contributed by atoms with van der Waals surface area (Å²) >= 11 is 2.40. The van der Waals surface area contributed by atoms with Gasteiger partial charge < -0.3 is 14.6 Å². The first kappa shape index (κ1) is 16.3. The zero-order chi connectivity index (χ0) is 16.4. The number of carbonyl (C=O) groups excluding carboxylic acids is 1. The van der Waals surface area contributed by atoms with Crippen molar-refractivity contribution in [2.24, 2.45) is 11.3 Å². The molecular weight excluding hydrogens is 399 g/mol. The van der Waals surface area contributed by atoms with Gasteiger partial charge in [-0.25, -0.2) is 4.79 Å². The molecule has 0 aromatic carbocycles. The lowest BCUT2D eigenvalue weighted by Crippen LogP contribution is -2.64. The normalized spacial score (nSPS) is 43.0. The van der Waals surface area contributed by atoms with Crippen LogP contribution in [0.5, 0.6) is 0 Å². The minimum atomic E-state index is -0.741. The second kappa shape index (κ2) is 4.74. The van der Waals surface area contributed by atoms with E-state index in [0.29, 0.717) is 25.2 Å². The molecule has 4 rings (SSSR count). The van der Waals surface area contributed by atoms with Gasteiger partial charge in [-0.15, -0.1) is 0 Å². The number of rotatable bonds is 2. The van der Waals surface area contributed by atoms with Gasteiger partial charge >= 0.3 is 12.1 Å². The molecular formula is C16H23IO5. The molecule has 0 radical (unpaired) electrons. The Labute approximate surface area is 144 Å². The summed E-state index contributed by atoms with van der Waals surface area (Å²) in [6, 6.07) is 0. The van der Waals surface area contributed by atoms with E-state index >= 15 is 0 Å². The van der Waals surface area contributed by atoms with Crippen molar-refractivity contribution in [1.82, 2.24) is 0 Å². The summed E-state index contributed by atoms with van der Waals surface area (Å²) in [4.78, 5) is 24.0. The van der Waals surface area contributed by atoms with Gasteiger partial charge in [0.25, 0.3) is 0 Å². The predicted molar refractivity (Wildman–Crippen MR) is 88.1 cm³/mol. The average molecular weight is 422 g/mol. The number of carboxylic acids is 1. The van der Waals surface area contributed by atoms with Crippen LogP contribution in [0, 0.1) is 11.3 Å². The second-order valence-corrected chi connectivity index (χ2v) is 10.8. The summed E-state index contributed by atoms with van der Waals surface area (Å²) in [6.45, 7) is 5.39. The monoisotopic (exact) mass is 422 g/mol. The van der Waals surface area contributed by atoms with Crippen LogP contribution in [0.4, 0.5) is 4.79 Å². The third-order valence-electron chi connectivity index (χ3n) is 5.09. The molecule has 5 nitrogen and oxygen atoms in total. The number of carboxylic acid groups (broad SMARTS) is 1. The summed E-state index contributed by atoms with van der Waals surface area (Å²) in [5, 5.41) is 9.75. The first-order valence-corrected chi connectivity index (χ1v) is 8.87. The highest BCUT2D eigenvalue weighted by atomic mass is 127. The lowest BCUT2D eigenvalue weighted by Gasteiger charge is -2.62. The van der Waals surface area contributed by atoms with E-state index in [1.54, 1.807) is 20.8 Å². The van der Waals surface area contributed by atoms with Crippen LogP contribution in [-0.4, -0.2) is 31.9 Å². The quantitative estimate of drug-likeness (QED) is 0.415. The lowest BCUT2D eigenvalue weighted by atomic mass is 9.48. The third-order valence-corrected chi connectivity index (χ3v) is 6.30.